The Hall–Kier alpha value is -4.33. The second kappa shape index (κ2) is 12.1. The van der Waals surface area contributed by atoms with E-state index < -0.39 is 5.31 Å². The zero-order valence-corrected chi connectivity index (χ0v) is 26.3. The summed E-state index contributed by atoms with van der Waals surface area (Å²) < 4.78 is 6.26. The third-order valence-corrected chi connectivity index (χ3v) is 17.4. The van der Waals surface area contributed by atoms with E-state index in [0.29, 0.717) is 39.5 Å². The van der Waals surface area contributed by atoms with Crippen LogP contribution in [0, 0.1) is 11.3 Å². The zero-order valence-electron chi connectivity index (χ0n) is 23.0. The molecule has 0 aliphatic rings. The molecule has 0 N–H and O–H groups in total. The van der Waals surface area contributed by atoms with Crippen LogP contribution in [-0.4, -0.2) is 9.97 Å². The van der Waals surface area contributed by atoms with E-state index in [1.807, 2.05) is 42.5 Å². The van der Waals surface area contributed by atoms with Gasteiger partial charge in [-0.3, -0.25) is 0 Å². The van der Waals surface area contributed by atoms with Crippen LogP contribution < -0.4 is 20.7 Å². The summed E-state index contributed by atoms with van der Waals surface area (Å²) >= 11 is 11.4. The molecule has 0 radical (unpaired) electrons. The van der Waals surface area contributed by atoms with Gasteiger partial charge in [-0.1, -0.05) is 0 Å². The minimum atomic E-state index is -3.20. The second-order valence-corrected chi connectivity index (χ2v) is 19.4. The first kappa shape index (κ1) is 28.8. The monoisotopic (exact) mass is 661 g/mol. The molecule has 7 heteroatoms. The van der Waals surface area contributed by atoms with Gasteiger partial charge in [0, 0.05) is 0 Å². The van der Waals surface area contributed by atoms with E-state index in [-0.39, 0.29) is 0 Å². The van der Waals surface area contributed by atoms with E-state index in [1.54, 1.807) is 18.3 Å². The van der Waals surface area contributed by atoms with Gasteiger partial charge in [0.05, 0.1) is 0 Å². The fourth-order valence-corrected chi connectivity index (χ4v) is 13.5. The van der Waals surface area contributed by atoms with Gasteiger partial charge in [-0.15, -0.1) is 0 Å². The summed E-state index contributed by atoms with van der Waals surface area (Å²) in [6.45, 7) is 0. The first-order valence-corrected chi connectivity index (χ1v) is 18.5. The first-order chi connectivity index (χ1) is 21.0. The van der Waals surface area contributed by atoms with Crippen LogP contribution in [0.4, 0.5) is 0 Å². The summed E-state index contributed by atoms with van der Waals surface area (Å²) in [4.78, 5) is 8.29. The Balaban J connectivity index is 1.43. The molecule has 4 nitrogen and oxygen atoms in total. The van der Waals surface area contributed by atoms with Gasteiger partial charge < -0.3 is 0 Å². The SMILES string of the molecule is N#Cc1c(Oc2ccc(CP(Br)(c3ccccc3)(c3ccccc3)c3ccccc3)cc2Cl)cccc1-c1ccncn1. The van der Waals surface area contributed by atoms with Gasteiger partial charge in [0.15, 0.2) is 0 Å². The van der Waals surface area contributed by atoms with Crippen LogP contribution in [0.3, 0.4) is 0 Å². The van der Waals surface area contributed by atoms with Crippen LogP contribution in [0.25, 0.3) is 11.3 Å². The van der Waals surface area contributed by atoms with E-state index >= 15 is 0 Å². The van der Waals surface area contributed by atoms with Crippen molar-refractivity contribution in [3.63, 3.8) is 0 Å². The summed E-state index contributed by atoms with van der Waals surface area (Å²) in [5.74, 6) is 0.877. The van der Waals surface area contributed by atoms with Crippen molar-refractivity contribution in [2.45, 2.75) is 6.16 Å². The predicted molar refractivity (Wildman–Crippen MR) is 181 cm³/mol. The van der Waals surface area contributed by atoms with Gasteiger partial charge in [0.2, 0.25) is 0 Å². The number of hydrogen-bond acceptors (Lipinski definition) is 4. The molecule has 0 saturated carbocycles. The van der Waals surface area contributed by atoms with Crippen LogP contribution >= 0.6 is 32.4 Å². The maximum absolute atomic E-state index is 10.0. The standard InChI is InChI=1S/C36H26BrClN3OP/c37-43(28-11-4-1-5-12-28,29-13-6-2-7-14-29,30-15-8-3-9-16-30)25-27-19-20-36(33(38)23-27)42-35-18-10-17-31(32(35)24-39)34-21-22-40-26-41-34/h1-23,26H,25H2. The fraction of sp³-hybridized carbons (Fsp3) is 0.0278. The van der Waals surface area contributed by atoms with Crippen LogP contribution in [0.2, 0.25) is 5.02 Å². The van der Waals surface area contributed by atoms with Crippen molar-refractivity contribution in [1.82, 2.24) is 9.97 Å². The summed E-state index contributed by atoms with van der Waals surface area (Å²) in [7, 11) is 0. The van der Waals surface area contributed by atoms with Crippen molar-refractivity contribution in [1.29, 1.82) is 5.26 Å². The Kier molecular flexibility index (Phi) is 8.10. The minimum absolute atomic E-state index is 0.379. The third-order valence-electron chi connectivity index (χ3n) is 7.58. The third kappa shape index (κ3) is 5.35. The number of nitriles is 1. The number of nitrogens with zero attached hydrogens (tertiary/aromatic N) is 3. The summed E-state index contributed by atoms with van der Waals surface area (Å²) in [5.41, 5.74) is 2.74. The normalized spacial score (nSPS) is 12.1. The van der Waals surface area contributed by atoms with E-state index in [1.165, 1.54) is 22.2 Å². The maximum atomic E-state index is 10.0. The number of ether oxygens (including phenoxy) is 1. The molecule has 0 bridgehead atoms. The number of halogens is 2. The molecular formula is C36H26BrClN3OP. The first-order valence-electron chi connectivity index (χ1n) is 13.7. The molecule has 5 aromatic carbocycles. The van der Waals surface area contributed by atoms with E-state index in [2.05, 4.69) is 110 Å². The topological polar surface area (TPSA) is 58.8 Å². The van der Waals surface area contributed by atoms with Crippen molar-refractivity contribution < 1.29 is 4.74 Å². The Morgan fingerprint density at radius 2 is 1.33 bits per heavy atom. The van der Waals surface area contributed by atoms with Crippen LogP contribution in [0.1, 0.15) is 11.1 Å². The van der Waals surface area contributed by atoms with Crippen molar-refractivity contribution in [3.8, 4) is 28.8 Å². The number of aromatic nitrogens is 2. The molecule has 0 aliphatic carbocycles. The van der Waals surface area contributed by atoms with Crippen molar-refractivity contribution in [3.05, 3.63) is 162 Å². The van der Waals surface area contributed by atoms with Crippen molar-refractivity contribution in [2.24, 2.45) is 0 Å². The van der Waals surface area contributed by atoms with E-state index in [0.717, 1.165) is 5.56 Å². The van der Waals surface area contributed by atoms with Gasteiger partial charge in [-0.25, -0.2) is 4.98 Å². The Bertz CT molecular complexity index is 1820. The van der Waals surface area contributed by atoms with E-state index in [9.17, 15) is 5.26 Å². The summed E-state index contributed by atoms with van der Waals surface area (Å²) in [6.07, 6.45) is 3.79. The molecule has 1 heterocycles. The number of rotatable bonds is 8. The molecule has 0 atom stereocenters. The Labute approximate surface area is 264 Å². The molecule has 0 saturated heterocycles. The average molecular weight is 663 g/mol. The molecule has 0 aliphatic heterocycles. The zero-order chi connectivity index (χ0) is 29.7. The fourth-order valence-electron chi connectivity index (χ4n) is 5.52. The van der Waals surface area contributed by atoms with Gasteiger partial charge in [0.25, 0.3) is 0 Å². The van der Waals surface area contributed by atoms with Crippen molar-refractivity contribution >= 4 is 48.3 Å². The molecular weight excluding hydrogens is 637 g/mol. The second-order valence-electron chi connectivity index (χ2n) is 10.1. The molecule has 1 aromatic heterocycles. The average Bonchev–Trinajstić information content (AvgIpc) is 3.07. The van der Waals surface area contributed by atoms with Crippen LogP contribution in [0.15, 0.2) is 146 Å². The van der Waals surface area contributed by atoms with Crippen molar-refractivity contribution in [2.75, 3.05) is 0 Å². The number of hydrogen-bond donors (Lipinski definition) is 0. The van der Waals surface area contributed by atoms with Crippen LogP contribution in [-0.2, 0) is 6.16 Å². The number of benzene rings is 5. The molecule has 6 rings (SSSR count). The molecule has 0 spiro atoms. The Morgan fingerprint density at radius 1 is 0.721 bits per heavy atom. The molecule has 6 aromatic rings. The molecule has 0 unspecified atom stereocenters. The quantitative estimate of drug-likeness (QED) is 0.153. The molecule has 0 fully saturated rings. The van der Waals surface area contributed by atoms with Gasteiger partial charge >= 0.3 is 260 Å². The predicted octanol–water partition coefficient (Wildman–Crippen LogP) is 8.80. The summed E-state index contributed by atoms with van der Waals surface area (Å²) in [6, 6.07) is 47.3. The molecule has 210 valence electrons. The van der Waals surface area contributed by atoms with Gasteiger partial charge in [0.1, 0.15) is 0 Å². The van der Waals surface area contributed by atoms with Crippen LogP contribution in [0.5, 0.6) is 11.5 Å². The summed E-state index contributed by atoms with van der Waals surface area (Å²) in [5, 5.41) is 11.0. The molecule has 0 amide bonds. The van der Waals surface area contributed by atoms with Gasteiger partial charge in [-0.2, -0.15) is 0 Å². The Morgan fingerprint density at radius 3 is 1.84 bits per heavy atom. The van der Waals surface area contributed by atoms with E-state index in [4.69, 9.17) is 16.3 Å². The van der Waals surface area contributed by atoms with Gasteiger partial charge in [-0.05, 0) is 0 Å². The molecule has 43 heavy (non-hydrogen) atoms.